The highest BCUT2D eigenvalue weighted by atomic mass is 19.4. The van der Waals surface area contributed by atoms with Crippen molar-refractivity contribution < 1.29 is 22.4 Å². The lowest BCUT2D eigenvalue weighted by Crippen LogP contribution is -2.04. The molecule has 16 heavy (non-hydrogen) atoms. The van der Waals surface area contributed by atoms with Crippen LogP contribution in [-0.4, -0.2) is 5.16 Å². The molecule has 0 fully saturated rings. The minimum Gasteiger partial charge on any atom is -0.452 e. The second-order valence-corrected chi connectivity index (χ2v) is 2.99. The largest absolute Gasteiger partial charge is 0.452 e. The molecule has 0 atom stereocenters. The minimum absolute atomic E-state index is 0.0815. The molecule has 1 aromatic heterocycles. The van der Waals surface area contributed by atoms with Crippen molar-refractivity contribution in [3.8, 4) is 11.5 Å². The van der Waals surface area contributed by atoms with Gasteiger partial charge in [-0.2, -0.15) is 13.2 Å². The lowest BCUT2D eigenvalue weighted by atomic mass is 10.2. The van der Waals surface area contributed by atoms with Gasteiger partial charge in [-0.05, 0) is 18.2 Å². The third kappa shape index (κ3) is 2.33. The molecule has 1 heterocycles. The average Bonchev–Trinajstić information content (AvgIpc) is 2.70. The molecule has 3 nitrogen and oxygen atoms in total. The molecule has 0 amide bonds. The molecular formula is C10H6F3NO2. The summed E-state index contributed by atoms with van der Waals surface area (Å²) < 4.78 is 46.7. The fourth-order valence-electron chi connectivity index (χ4n) is 1.12. The number of nitrogens with zero attached hydrogens (tertiary/aromatic N) is 1. The smallest absolute Gasteiger partial charge is 0.416 e. The summed E-state index contributed by atoms with van der Waals surface area (Å²) in [5.74, 6) is 0.331. The van der Waals surface area contributed by atoms with Crippen LogP contribution in [0.1, 0.15) is 5.56 Å². The molecular weight excluding hydrogens is 223 g/mol. The Labute approximate surface area is 88.4 Å². The summed E-state index contributed by atoms with van der Waals surface area (Å²) in [5, 5.41) is 3.37. The van der Waals surface area contributed by atoms with Crippen molar-refractivity contribution in [2.75, 3.05) is 0 Å². The van der Waals surface area contributed by atoms with Crippen LogP contribution < -0.4 is 4.74 Å². The maximum absolute atomic E-state index is 12.4. The molecule has 0 radical (unpaired) electrons. The van der Waals surface area contributed by atoms with Crippen LogP contribution in [0.3, 0.4) is 0 Å². The van der Waals surface area contributed by atoms with E-state index in [4.69, 9.17) is 4.74 Å². The van der Waals surface area contributed by atoms with Crippen LogP contribution >= 0.6 is 0 Å². The van der Waals surface area contributed by atoms with E-state index >= 15 is 0 Å². The minimum atomic E-state index is -4.38. The number of benzene rings is 1. The number of ether oxygens (including phenoxy) is 1. The molecule has 0 aliphatic heterocycles. The number of rotatable bonds is 2. The van der Waals surface area contributed by atoms with Crippen molar-refractivity contribution in [3.05, 3.63) is 42.3 Å². The van der Waals surface area contributed by atoms with E-state index in [2.05, 4.69) is 9.68 Å². The fourth-order valence-corrected chi connectivity index (χ4v) is 1.12. The summed E-state index contributed by atoms with van der Waals surface area (Å²) in [6.45, 7) is 0. The molecule has 0 unspecified atom stereocenters. The highest BCUT2D eigenvalue weighted by Crippen LogP contribution is 2.32. The van der Waals surface area contributed by atoms with Crippen LogP contribution in [0.2, 0.25) is 0 Å². The van der Waals surface area contributed by atoms with E-state index in [-0.39, 0.29) is 11.5 Å². The van der Waals surface area contributed by atoms with E-state index < -0.39 is 11.7 Å². The normalized spacial score (nSPS) is 11.4. The van der Waals surface area contributed by atoms with Crippen LogP contribution in [0, 0.1) is 0 Å². The maximum Gasteiger partial charge on any atom is 0.416 e. The van der Waals surface area contributed by atoms with Gasteiger partial charge in [-0.1, -0.05) is 11.2 Å². The van der Waals surface area contributed by atoms with Gasteiger partial charge in [0.1, 0.15) is 11.9 Å². The highest BCUT2D eigenvalue weighted by Gasteiger charge is 2.30. The standard InChI is InChI=1S/C10H6F3NO2/c11-10(12,13)7-2-1-3-8(4-7)16-9-5-14-15-6-9/h1-6H. The van der Waals surface area contributed by atoms with Crippen molar-refractivity contribution in [2.24, 2.45) is 0 Å². The molecule has 0 aliphatic rings. The van der Waals surface area contributed by atoms with E-state index in [0.717, 1.165) is 12.1 Å². The Morgan fingerprint density at radius 2 is 2.00 bits per heavy atom. The molecule has 2 aromatic rings. The SMILES string of the molecule is FC(F)(F)c1cccc(Oc2cnoc2)c1. The zero-order valence-corrected chi connectivity index (χ0v) is 7.86. The fraction of sp³-hybridized carbons (Fsp3) is 0.100. The summed E-state index contributed by atoms with van der Waals surface area (Å²) in [6, 6.07) is 4.57. The van der Waals surface area contributed by atoms with Gasteiger partial charge < -0.3 is 9.26 Å². The van der Waals surface area contributed by atoms with Crippen molar-refractivity contribution >= 4 is 0 Å². The molecule has 0 bridgehead atoms. The third-order valence-corrected chi connectivity index (χ3v) is 1.81. The molecule has 0 N–H and O–H groups in total. The summed E-state index contributed by atoms with van der Waals surface area (Å²) in [7, 11) is 0. The molecule has 0 saturated heterocycles. The van der Waals surface area contributed by atoms with Gasteiger partial charge in [0, 0.05) is 0 Å². The molecule has 0 saturated carbocycles. The van der Waals surface area contributed by atoms with Crippen molar-refractivity contribution in [2.45, 2.75) is 6.18 Å². The average molecular weight is 229 g/mol. The van der Waals surface area contributed by atoms with Gasteiger partial charge in [-0.25, -0.2) is 0 Å². The first kappa shape index (κ1) is 10.5. The second kappa shape index (κ2) is 3.88. The number of hydrogen-bond acceptors (Lipinski definition) is 3. The Morgan fingerprint density at radius 3 is 2.62 bits per heavy atom. The molecule has 6 heteroatoms. The van der Waals surface area contributed by atoms with Gasteiger partial charge >= 0.3 is 6.18 Å². The molecule has 84 valence electrons. The van der Waals surface area contributed by atoms with E-state index in [1.165, 1.54) is 24.6 Å². The lowest BCUT2D eigenvalue weighted by Gasteiger charge is -2.08. The lowest BCUT2D eigenvalue weighted by molar-refractivity contribution is -0.137. The summed E-state index contributed by atoms with van der Waals surface area (Å²) >= 11 is 0. The Morgan fingerprint density at radius 1 is 1.19 bits per heavy atom. The van der Waals surface area contributed by atoms with Gasteiger partial charge in [0.05, 0.1) is 5.56 Å². The molecule has 0 aliphatic carbocycles. The number of aromatic nitrogens is 1. The van der Waals surface area contributed by atoms with Crippen molar-refractivity contribution in [1.82, 2.24) is 5.16 Å². The molecule has 0 spiro atoms. The first-order valence-electron chi connectivity index (χ1n) is 4.30. The van der Waals surface area contributed by atoms with E-state index in [1.54, 1.807) is 0 Å². The maximum atomic E-state index is 12.4. The van der Waals surface area contributed by atoms with Crippen molar-refractivity contribution in [3.63, 3.8) is 0 Å². The van der Waals surface area contributed by atoms with Gasteiger partial charge in [-0.3, -0.25) is 0 Å². The van der Waals surface area contributed by atoms with E-state index in [1.807, 2.05) is 0 Å². The first-order valence-corrected chi connectivity index (χ1v) is 4.30. The van der Waals surface area contributed by atoms with Crippen molar-refractivity contribution in [1.29, 1.82) is 0 Å². The monoisotopic (exact) mass is 229 g/mol. The Balaban J connectivity index is 2.23. The van der Waals surface area contributed by atoms with Crippen LogP contribution in [0.4, 0.5) is 13.2 Å². The predicted molar refractivity (Wildman–Crippen MR) is 48.0 cm³/mol. The molecule has 1 aromatic carbocycles. The Kier molecular flexibility index (Phi) is 2.55. The summed E-state index contributed by atoms with van der Waals surface area (Å²) in [6.07, 6.45) is -1.92. The number of halogens is 3. The summed E-state index contributed by atoms with van der Waals surface area (Å²) in [4.78, 5) is 0. The third-order valence-electron chi connectivity index (χ3n) is 1.81. The van der Waals surface area contributed by atoms with Gasteiger partial charge in [0.15, 0.2) is 12.0 Å². The topological polar surface area (TPSA) is 35.3 Å². The Bertz CT molecular complexity index is 465. The van der Waals surface area contributed by atoms with Gasteiger partial charge in [0.2, 0.25) is 0 Å². The first-order chi connectivity index (χ1) is 7.55. The molecule has 2 rings (SSSR count). The zero-order valence-electron chi connectivity index (χ0n) is 7.86. The van der Waals surface area contributed by atoms with E-state index in [9.17, 15) is 13.2 Å². The van der Waals surface area contributed by atoms with Crippen LogP contribution in [0.15, 0.2) is 41.2 Å². The van der Waals surface area contributed by atoms with E-state index in [0.29, 0.717) is 0 Å². The quantitative estimate of drug-likeness (QED) is 0.790. The second-order valence-electron chi connectivity index (χ2n) is 2.99. The summed E-state index contributed by atoms with van der Waals surface area (Å²) in [5.41, 5.74) is -0.763. The zero-order chi connectivity index (χ0) is 11.6. The van der Waals surface area contributed by atoms with Crippen LogP contribution in [-0.2, 0) is 6.18 Å². The highest BCUT2D eigenvalue weighted by molar-refractivity contribution is 5.33. The predicted octanol–water partition coefficient (Wildman–Crippen LogP) is 3.49. The van der Waals surface area contributed by atoms with Crippen LogP contribution in [0.5, 0.6) is 11.5 Å². The number of hydrogen-bond donors (Lipinski definition) is 0. The van der Waals surface area contributed by atoms with Crippen LogP contribution in [0.25, 0.3) is 0 Å². The number of alkyl halides is 3. The van der Waals surface area contributed by atoms with Gasteiger partial charge in [-0.15, -0.1) is 0 Å². The van der Waals surface area contributed by atoms with Gasteiger partial charge in [0.25, 0.3) is 0 Å². The Hall–Kier alpha value is -1.98.